The van der Waals surface area contributed by atoms with Crippen molar-refractivity contribution in [1.29, 1.82) is 0 Å². The molecular weight excluding hydrogens is 224 g/mol. The zero-order chi connectivity index (χ0) is 13.8. The van der Waals surface area contributed by atoms with Gasteiger partial charge in [0.05, 0.1) is 6.10 Å². The van der Waals surface area contributed by atoms with Crippen molar-refractivity contribution in [2.45, 2.75) is 33.8 Å². The summed E-state index contributed by atoms with van der Waals surface area (Å²) in [6.45, 7) is 10.0. The molecule has 1 aromatic rings. The summed E-state index contributed by atoms with van der Waals surface area (Å²) >= 11 is 0. The van der Waals surface area contributed by atoms with Crippen LogP contribution in [0.3, 0.4) is 0 Å². The second kappa shape index (κ2) is 6.10. The fraction of sp³-hybridized carbons (Fsp3) is 0.600. The van der Waals surface area contributed by atoms with Crippen LogP contribution in [0.2, 0.25) is 0 Å². The molecule has 102 valence electrons. The lowest BCUT2D eigenvalue weighted by Crippen LogP contribution is -2.36. The second-order valence-corrected chi connectivity index (χ2v) is 5.88. The molecule has 0 aliphatic carbocycles. The van der Waals surface area contributed by atoms with Crippen molar-refractivity contribution >= 4 is 5.69 Å². The van der Waals surface area contributed by atoms with Gasteiger partial charge in [-0.15, -0.1) is 0 Å². The third-order valence-corrected chi connectivity index (χ3v) is 2.87. The maximum atomic E-state index is 5.76. The largest absolute Gasteiger partial charge is 0.491 e. The number of rotatable bonds is 6. The van der Waals surface area contributed by atoms with Gasteiger partial charge in [0.15, 0.2) is 0 Å². The number of hydrogen-bond acceptors (Lipinski definition) is 3. The molecule has 2 N–H and O–H groups in total. The molecule has 1 rings (SSSR count). The molecule has 0 saturated carbocycles. The van der Waals surface area contributed by atoms with Crippen LogP contribution in [0.15, 0.2) is 24.3 Å². The van der Waals surface area contributed by atoms with E-state index in [4.69, 9.17) is 10.5 Å². The van der Waals surface area contributed by atoms with Crippen LogP contribution in [-0.2, 0) is 0 Å². The molecule has 3 heteroatoms. The first-order valence-electron chi connectivity index (χ1n) is 6.52. The Hall–Kier alpha value is -1.22. The fourth-order valence-electron chi connectivity index (χ4n) is 1.85. The molecule has 0 heterocycles. The van der Waals surface area contributed by atoms with Crippen molar-refractivity contribution in [3.05, 3.63) is 24.3 Å². The first kappa shape index (κ1) is 14.8. The van der Waals surface area contributed by atoms with E-state index in [1.165, 1.54) is 5.69 Å². The van der Waals surface area contributed by atoms with Crippen LogP contribution in [0, 0.1) is 5.41 Å². The molecule has 0 aliphatic heterocycles. The Morgan fingerprint density at radius 3 is 2.22 bits per heavy atom. The summed E-state index contributed by atoms with van der Waals surface area (Å²) in [5, 5.41) is 0. The van der Waals surface area contributed by atoms with Crippen LogP contribution in [0.1, 0.15) is 27.7 Å². The Labute approximate surface area is 111 Å². The summed E-state index contributed by atoms with van der Waals surface area (Å²) in [5.74, 6) is 0.917. The quantitative estimate of drug-likeness (QED) is 0.843. The van der Waals surface area contributed by atoms with E-state index in [2.05, 4.69) is 37.9 Å². The molecule has 18 heavy (non-hydrogen) atoms. The highest BCUT2D eigenvalue weighted by Gasteiger charge is 2.18. The van der Waals surface area contributed by atoms with E-state index in [1.54, 1.807) is 0 Å². The maximum absolute atomic E-state index is 5.76. The Balaban J connectivity index is 2.67. The van der Waals surface area contributed by atoms with Gasteiger partial charge in [-0.25, -0.2) is 0 Å². The molecule has 0 unspecified atom stereocenters. The van der Waals surface area contributed by atoms with Gasteiger partial charge >= 0.3 is 0 Å². The molecular formula is C15H26N2O. The number of nitrogens with zero attached hydrogens (tertiary/aromatic N) is 1. The van der Waals surface area contributed by atoms with E-state index in [0.29, 0.717) is 6.54 Å². The number of hydrogen-bond donors (Lipinski definition) is 1. The highest BCUT2D eigenvalue weighted by atomic mass is 16.5. The van der Waals surface area contributed by atoms with E-state index in [-0.39, 0.29) is 11.5 Å². The summed E-state index contributed by atoms with van der Waals surface area (Å²) in [6, 6.07) is 8.21. The van der Waals surface area contributed by atoms with Gasteiger partial charge in [0.25, 0.3) is 0 Å². The van der Waals surface area contributed by atoms with Crippen LogP contribution < -0.4 is 15.4 Å². The van der Waals surface area contributed by atoms with Gasteiger partial charge in [-0.3, -0.25) is 0 Å². The SMILES string of the molecule is CC(C)Oc1ccc(N(C)CC(C)(C)CN)cc1. The summed E-state index contributed by atoms with van der Waals surface area (Å²) in [5.41, 5.74) is 7.08. The van der Waals surface area contributed by atoms with Gasteiger partial charge in [0.2, 0.25) is 0 Å². The summed E-state index contributed by atoms with van der Waals surface area (Å²) in [7, 11) is 2.09. The van der Waals surface area contributed by atoms with E-state index in [1.807, 2.05) is 26.0 Å². The molecule has 0 fully saturated rings. The first-order valence-corrected chi connectivity index (χ1v) is 6.52. The minimum Gasteiger partial charge on any atom is -0.491 e. The zero-order valence-electron chi connectivity index (χ0n) is 12.2. The number of nitrogens with two attached hydrogens (primary N) is 1. The maximum Gasteiger partial charge on any atom is 0.119 e. The normalized spacial score (nSPS) is 11.7. The summed E-state index contributed by atoms with van der Waals surface area (Å²) in [4.78, 5) is 2.23. The molecule has 0 amide bonds. The summed E-state index contributed by atoms with van der Waals surface area (Å²) in [6.07, 6.45) is 0.213. The number of anilines is 1. The topological polar surface area (TPSA) is 38.5 Å². The molecule has 0 bridgehead atoms. The lowest BCUT2D eigenvalue weighted by Gasteiger charge is -2.30. The standard InChI is InChI=1S/C15H26N2O/c1-12(2)18-14-8-6-13(7-9-14)17(5)11-15(3,4)10-16/h6-9,12H,10-11,16H2,1-5H3. The van der Waals surface area contributed by atoms with Crippen LogP contribution in [0.5, 0.6) is 5.75 Å². The van der Waals surface area contributed by atoms with Gasteiger partial charge in [-0.2, -0.15) is 0 Å². The van der Waals surface area contributed by atoms with E-state index in [9.17, 15) is 0 Å². The smallest absolute Gasteiger partial charge is 0.119 e. The predicted molar refractivity (Wildman–Crippen MR) is 78.3 cm³/mol. The molecule has 3 nitrogen and oxygen atoms in total. The number of benzene rings is 1. The van der Waals surface area contributed by atoms with Gasteiger partial charge in [0, 0.05) is 19.3 Å². The average Bonchev–Trinajstić information content (AvgIpc) is 2.28. The van der Waals surface area contributed by atoms with Gasteiger partial charge < -0.3 is 15.4 Å². The lowest BCUT2D eigenvalue weighted by molar-refractivity contribution is 0.242. The highest BCUT2D eigenvalue weighted by molar-refractivity contribution is 5.48. The van der Waals surface area contributed by atoms with Gasteiger partial charge in [-0.05, 0) is 50.1 Å². The van der Waals surface area contributed by atoms with E-state index >= 15 is 0 Å². The van der Waals surface area contributed by atoms with Crippen LogP contribution in [-0.4, -0.2) is 26.2 Å². The van der Waals surface area contributed by atoms with Gasteiger partial charge in [0.1, 0.15) is 5.75 Å². The van der Waals surface area contributed by atoms with Crippen LogP contribution in [0.4, 0.5) is 5.69 Å². The van der Waals surface area contributed by atoms with Crippen molar-refractivity contribution < 1.29 is 4.74 Å². The Morgan fingerprint density at radius 1 is 1.22 bits per heavy atom. The molecule has 0 radical (unpaired) electrons. The van der Waals surface area contributed by atoms with Gasteiger partial charge in [-0.1, -0.05) is 13.8 Å². The van der Waals surface area contributed by atoms with Crippen molar-refractivity contribution in [2.24, 2.45) is 11.1 Å². The molecule has 0 saturated heterocycles. The second-order valence-electron chi connectivity index (χ2n) is 5.88. The van der Waals surface area contributed by atoms with Crippen molar-refractivity contribution in [2.75, 3.05) is 25.0 Å². The third-order valence-electron chi connectivity index (χ3n) is 2.87. The van der Waals surface area contributed by atoms with E-state index in [0.717, 1.165) is 12.3 Å². The van der Waals surface area contributed by atoms with Crippen LogP contribution in [0.25, 0.3) is 0 Å². The highest BCUT2D eigenvalue weighted by Crippen LogP contribution is 2.22. The Morgan fingerprint density at radius 2 is 1.78 bits per heavy atom. The first-order chi connectivity index (χ1) is 8.34. The van der Waals surface area contributed by atoms with Crippen molar-refractivity contribution in [3.8, 4) is 5.75 Å². The minimum atomic E-state index is 0.127. The zero-order valence-corrected chi connectivity index (χ0v) is 12.2. The number of ether oxygens (including phenoxy) is 1. The summed E-state index contributed by atoms with van der Waals surface area (Å²) < 4.78 is 5.63. The molecule has 0 spiro atoms. The molecule has 0 aromatic heterocycles. The molecule has 0 atom stereocenters. The lowest BCUT2D eigenvalue weighted by atomic mass is 9.93. The predicted octanol–water partition coefficient (Wildman–Crippen LogP) is 2.89. The average molecular weight is 250 g/mol. The minimum absolute atomic E-state index is 0.127. The molecule has 1 aromatic carbocycles. The Bertz CT molecular complexity index is 357. The molecule has 0 aliphatic rings. The Kier molecular flexibility index (Phi) is 5.03. The van der Waals surface area contributed by atoms with Crippen molar-refractivity contribution in [1.82, 2.24) is 0 Å². The van der Waals surface area contributed by atoms with Crippen molar-refractivity contribution in [3.63, 3.8) is 0 Å². The van der Waals surface area contributed by atoms with E-state index < -0.39 is 0 Å². The monoisotopic (exact) mass is 250 g/mol. The fourth-order valence-corrected chi connectivity index (χ4v) is 1.85. The van der Waals surface area contributed by atoms with Crippen LogP contribution >= 0.6 is 0 Å². The third kappa shape index (κ3) is 4.57.